The van der Waals surface area contributed by atoms with Crippen LogP contribution in [-0.4, -0.2) is 58.3 Å². The van der Waals surface area contributed by atoms with Crippen LogP contribution < -0.4 is 16.4 Å². The minimum atomic E-state index is -1.22. The summed E-state index contributed by atoms with van der Waals surface area (Å²) in [4.78, 5) is 43.7. The number of carbonyl (C=O) groups is 4. The number of nitrogens with one attached hydrogen (secondary N) is 2. The Morgan fingerprint density at radius 1 is 1.19 bits per heavy atom. The topological polar surface area (TPSA) is 159 Å². The van der Waals surface area contributed by atoms with E-state index in [0.29, 0.717) is 0 Å². The van der Waals surface area contributed by atoms with Crippen molar-refractivity contribution in [1.82, 2.24) is 10.6 Å². The van der Waals surface area contributed by atoms with Gasteiger partial charge in [0.15, 0.2) is 0 Å². The van der Waals surface area contributed by atoms with Crippen molar-refractivity contribution in [3.05, 3.63) is 0 Å². The molecule has 122 valence electrons. The fourth-order valence-electron chi connectivity index (χ4n) is 1.16. The van der Waals surface area contributed by atoms with E-state index in [1.54, 1.807) is 0 Å². The summed E-state index contributed by atoms with van der Waals surface area (Å²) in [6, 6.07) is -2.15. The van der Waals surface area contributed by atoms with E-state index in [1.807, 2.05) is 0 Å². The van der Waals surface area contributed by atoms with E-state index >= 15 is 0 Å². The fourth-order valence-corrected chi connectivity index (χ4v) is 1.41. The Balaban J connectivity index is 0. The highest BCUT2D eigenvalue weighted by Crippen LogP contribution is 1.97. The summed E-state index contributed by atoms with van der Waals surface area (Å²) < 4.78 is 0. The summed E-state index contributed by atoms with van der Waals surface area (Å²) in [7, 11) is 0. The standard InChI is InChI=1S/C10H17N3O6S.ClH/c11-5(10(18)19)1-2-7(14)13-6(4-20)9(17)12-3-8(15)16;/h5-6,20H,1-4,11H2,(H,12,17)(H,13,14)(H,15,16)(H,18,19);1H. The average Bonchev–Trinajstić information content (AvgIpc) is 2.38. The number of rotatable bonds is 9. The van der Waals surface area contributed by atoms with Gasteiger partial charge in [-0.1, -0.05) is 0 Å². The van der Waals surface area contributed by atoms with E-state index in [4.69, 9.17) is 15.9 Å². The molecule has 0 fully saturated rings. The van der Waals surface area contributed by atoms with Crippen LogP contribution in [0, 0.1) is 0 Å². The minimum Gasteiger partial charge on any atom is -0.480 e. The van der Waals surface area contributed by atoms with Gasteiger partial charge in [-0.05, 0) is 6.42 Å². The Labute approximate surface area is 132 Å². The predicted octanol–water partition coefficient (Wildman–Crippen LogP) is -1.78. The van der Waals surface area contributed by atoms with Gasteiger partial charge >= 0.3 is 11.9 Å². The zero-order valence-corrected chi connectivity index (χ0v) is 12.7. The molecule has 0 saturated carbocycles. The van der Waals surface area contributed by atoms with Crippen molar-refractivity contribution in [1.29, 1.82) is 0 Å². The molecular weight excluding hydrogens is 326 g/mol. The number of amides is 2. The van der Waals surface area contributed by atoms with E-state index in [0.717, 1.165) is 0 Å². The van der Waals surface area contributed by atoms with Crippen LogP contribution in [-0.2, 0) is 19.2 Å². The highest BCUT2D eigenvalue weighted by atomic mass is 35.5. The number of hydrogen-bond donors (Lipinski definition) is 6. The Bertz CT molecular complexity index is 395. The molecule has 9 nitrogen and oxygen atoms in total. The number of thiol groups is 1. The molecule has 0 aromatic carbocycles. The second kappa shape index (κ2) is 11.2. The van der Waals surface area contributed by atoms with Crippen molar-refractivity contribution in [3.63, 3.8) is 0 Å². The summed E-state index contributed by atoms with van der Waals surface area (Å²) in [5.74, 6) is -3.70. The molecule has 0 spiro atoms. The van der Waals surface area contributed by atoms with Gasteiger partial charge in [-0.2, -0.15) is 12.6 Å². The number of carboxylic acid groups (broad SMARTS) is 2. The first-order valence-electron chi connectivity index (χ1n) is 5.66. The van der Waals surface area contributed by atoms with Gasteiger partial charge in [-0.25, -0.2) is 0 Å². The molecule has 0 heterocycles. The largest absolute Gasteiger partial charge is 0.480 e. The third-order valence-electron chi connectivity index (χ3n) is 2.25. The first-order chi connectivity index (χ1) is 9.27. The smallest absolute Gasteiger partial charge is 0.322 e. The monoisotopic (exact) mass is 343 g/mol. The van der Waals surface area contributed by atoms with Crippen LogP contribution in [0.25, 0.3) is 0 Å². The SMILES string of the molecule is Cl.NC(CCC(=O)NC(CS)C(=O)NCC(=O)O)C(=O)O. The van der Waals surface area contributed by atoms with Crippen molar-refractivity contribution >= 4 is 48.8 Å². The first kappa shape index (κ1) is 21.8. The Morgan fingerprint density at radius 2 is 1.76 bits per heavy atom. The zero-order chi connectivity index (χ0) is 15.7. The van der Waals surface area contributed by atoms with Crippen molar-refractivity contribution in [2.45, 2.75) is 24.9 Å². The molecule has 21 heavy (non-hydrogen) atoms. The molecule has 0 bridgehead atoms. The number of nitrogens with two attached hydrogens (primary N) is 1. The molecule has 0 aliphatic rings. The molecule has 0 radical (unpaired) electrons. The van der Waals surface area contributed by atoms with Crippen LogP contribution in [0.1, 0.15) is 12.8 Å². The Hall–Kier alpha value is -1.52. The lowest BCUT2D eigenvalue weighted by Crippen LogP contribution is -2.49. The number of halogens is 1. The molecule has 0 aromatic rings. The molecule has 2 atom stereocenters. The van der Waals surface area contributed by atoms with Crippen LogP contribution in [0.2, 0.25) is 0 Å². The molecule has 2 unspecified atom stereocenters. The average molecular weight is 344 g/mol. The van der Waals surface area contributed by atoms with E-state index in [-0.39, 0.29) is 31.0 Å². The van der Waals surface area contributed by atoms with Gasteiger partial charge < -0.3 is 26.6 Å². The van der Waals surface area contributed by atoms with E-state index < -0.39 is 42.4 Å². The lowest BCUT2D eigenvalue weighted by Gasteiger charge is -2.16. The van der Waals surface area contributed by atoms with Crippen molar-refractivity contribution < 1.29 is 29.4 Å². The second-order valence-electron chi connectivity index (χ2n) is 3.90. The summed E-state index contributed by atoms with van der Waals surface area (Å²) in [6.07, 6.45) is -0.235. The van der Waals surface area contributed by atoms with Gasteiger partial charge in [0.25, 0.3) is 0 Å². The molecule has 11 heteroatoms. The number of aliphatic carboxylic acids is 2. The summed E-state index contributed by atoms with van der Waals surface area (Å²) >= 11 is 3.87. The fraction of sp³-hybridized carbons (Fsp3) is 0.600. The first-order valence-corrected chi connectivity index (χ1v) is 6.29. The molecule has 2 amide bonds. The molecule has 0 aromatic heterocycles. The highest BCUT2D eigenvalue weighted by molar-refractivity contribution is 7.80. The summed E-state index contributed by atoms with van der Waals surface area (Å²) in [5, 5.41) is 21.4. The molecule has 0 aliphatic heterocycles. The van der Waals surface area contributed by atoms with Crippen LogP contribution >= 0.6 is 25.0 Å². The lowest BCUT2D eigenvalue weighted by molar-refractivity contribution is -0.139. The summed E-state index contributed by atoms with van der Waals surface area (Å²) in [5.41, 5.74) is 5.23. The predicted molar refractivity (Wildman–Crippen MR) is 78.5 cm³/mol. The quantitative estimate of drug-likeness (QED) is 0.270. The summed E-state index contributed by atoms with van der Waals surface area (Å²) in [6.45, 7) is -0.567. The third kappa shape index (κ3) is 9.93. The molecule has 6 N–H and O–H groups in total. The van der Waals surface area contributed by atoms with Gasteiger partial charge in [-0.15, -0.1) is 12.4 Å². The maximum Gasteiger partial charge on any atom is 0.322 e. The zero-order valence-electron chi connectivity index (χ0n) is 10.9. The number of carbonyl (C=O) groups excluding carboxylic acids is 2. The number of hydrogen-bond acceptors (Lipinski definition) is 6. The normalized spacial score (nSPS) is 12.5. The maximum atomic E-state index is 11.5. The molecule has 0 rings (SSSR count). The van der Waals surface area contributed by atoms with E-state index in [2.05, 4.69) is 23.3 Å². The van der Waals surface area contributed by atoms with Crippen molar-refractivity contribution in [2.75, 3.05) is 12.3 Å². The lowest BCUT2D eigenvalue weighted by atomic mass is 10.1. The van der Waals surface area contributed by atoms with Crippen molar-refractivity contribution in [3.8, 4) is 0 Å². The van der Waals surface area contributed by atoms with Crippen molar-refractivity contribution in [2.24, 2.45) is 5.73 Å². The van der Waals surface area contributed by atoms with E-state index in [1.165, 1.54) is 0 Å². The third-order valence-corrected chi connectivity index (χ3v) is 2.61. The maximum absolute atomic E-state index is 11.5. The van der Waals surface area contributed by atoms with Gasteiger partial charge in [0.05, 0.1) is 0 Å². The number of carboxylic acids is 2. The van der Waals surface area contributed by atoms with Gasteiger partial charge in [0.2, 0.25) is 11.8 Å². The van der Waals surface area contributed by atoms with Crippen LogP contribution in [0.4, 0.5) is 0 Å². The van der Waals surface area contributed by atoms with Gasteiger partial charge in [-0.3, -0.25) is 19.2 Å². The van der Waals surface area contributed by atoms with Crippen LogP contribution in [0.5, 0.6) is 0 Å². The van der Waals surface area contributed by atoms with Crippen LogP contribution in [0.3, 0.4) is 0 Å². The Morgan fingerprint density at radius 3 is 2.19 bits per heavy atom. The van der Waals surface area contributed by atoms with E-state index in [9.17, 15) is 19.2 Å². The molecular formula is C10H18ClN3O6S. The molecule has 0 aliphatic carbocycles. The van der Waals surface area contributed by atoms with Gasteiger partial charge in [0, 0.05) is 12.2 Å². The highest BCUT2D eigenvalue weighted by Gasteiger charge is 2.20. The second-order valence-corrected chi connectivity index (χ2v) is 4.26. The molecule has 0 saturated heterocycles. The minimum absolute atomic E-state index is 0. The Kier molecular flexibility index (Phi) is 11.6. The van der Waals surface area contributed by atoms with Gasteiger partial charge in [0.1, 0.15) is 18.6 Å². The van der Waals surface area contributed by atoms with Crippen LogP contribution in [0.15, 0.2) is 0 Å².